The highest BCUT2D eigenvalue weighted by Gasteiger charge is 2.21. The summed E-state index contributed by atoms with van der Waals surface area (Å²) >= 11 is 0. The van der Waals surface area contributed by atoms with E-state index in [0.717, 1.165) is 0 Å². The Kier molecular flexibility index (Phi) is 6.95. The molecule has 24 heavy (non-hydrogen) atoms. The Bertz CT molecular complexity index is 605. The molecule has 1 N–H and O–H groups in total. The molecular weight excluding hydrogens is 308 g/mol. The maximum atomic E-state index is 12.1. The van der Waals surface area contributed by atoms with E-state index in [2.05, 4.69) is 5.32 Å². The summed E-state index contributed by atoms with van der Waals surface area (Å²) < 4.78 is 5.03. The third-order valence-corrected chi connectivity index (χ3v) is 3.15. The molecule has 0 aromatic heterocycles. The van der Waals surface area contributed by atoms with Gasteiger partial charge in [0.1, 0.15) is 0 Å². The van der Waals surface area contributed by atoms with Crippen molar-refractivity contribution in [3.05, 3.63) is 29.8 Å². The number of hydrogen-bond donors (Lipinski definition) is 1. The van der Waals surface area contributed by atoms with Crippen molar-refractivity contribution in [3.8, 4) is 0 Å². The second-order valence-electron chi connectivity index (χ2n) is 6.46. The average molecular weight is 334 g/mol. The van der Waals surface area contributed by atoms with E-state index in [4.69, 9.17) is 4.74 Å². The number of ether oxygens (including phenoxy) is 1. The molecule has 0 spiro atoms. The number of carbonyl (C=O) groups excluding carboxylic acids is 3. The van der Waals surface area contributed by atoms with Crippen LogP contribution in [0.4, 0.5) is 5.69 Å². The van der Waals surface area contributed by atoms with E-state index in [0.29, 0.717) is 11.3 Å². The van der Waals surface area contributed by atoms with Crippen LogP contribution in [0.1, 0.15) is 51.4 Å². The van der Waals surface area contributed by atoms with Gasteiger partial charge in [-0.1, -0.05) is 12.1 Å². The normalized spacial score (nSPS) is 10.9. The quantitative estimate of drug-likeness (QED) is 0.811. The molecule has 0 saturated carbocycles. The number of nitrogens with zero attached hydrogens (tertiary/aromatic N) is 1. The second-order valence-corrected chi connectivity index (χ2v) is 6.46. The highest BCUT2D eigenvalue weighted by atomic mass is 16.5. The summed E-state index contributed by atoms with van der Waals surface area (Å²) in [5.74, 6) is -0.879. The molecule has 0 unspecified atom stereocenters. The molecule has 0 bridgehead atoms. The van der Waals surface area contributed by atoms with E-state index in [9.17, 15) is 14.4 Å². The van der Waals surface area contributed by atoms with Crippen LogP contribution >= 0.6 is 0 Å². The lowest BCUT2D eigenvalue weighted by Crippen LogP contribution is -2.42. The molecule has 0 atom stereocenters. The Balaban J connectivity index is 2.96. The van der Waals surface area contributed by atoms with E-state index >= 15 is 0 Å². The van der Waals surface area contributed by atoms with Crippen molar-refractivity contribution in [2.75, 3.05) is 18.1 Å². The van der Waals surface area contributed by atoms with Crippen LogP contribution < -0.4 is 10.2 Å². The van der Waals surface area contributed by atoms with Gasteiger partial charge in [-0.2, -0.15) is 0 Å². The van der Waals surface area contributed by atoms with Crippen LogP contribution in [0.3, 0.4) is 0 Å². The van der Waals surface area contributed by atoms with E-state index in [1.54, 1.807) is 31.2 Å². The topological polar surface area (TPSA) is 75.7 Å². The van der Waals surface area contributed by atoms with E-state index in [1.165, 1.54) is 11.8 Å². The van der Waals surface area contributed by atoms with Crippen LogP contribution in [0.2, 0.25) is 0 Å². The van der Waals surface area contributed by atoms with Gasteiger partial charge < -0.3 is 15.0 Å². The minimum atomic E-state index is -0.488. The third-order valence-electron chi connectivity index (χ3n) is 3.15. The lowest BCUT2D eigenvalue weighted by Gasteiger charge is -2.25. The summed E-state index contributed by atoms with van der Waals surface area (Å²) in [6.07, 6.45) is 0.147. The zero-order chi connectivity index (χ0) is 18.3. The Morgan fingerprint density at radius 3 is 2.33 bits per heavy atom. The predicted molar refractivity (Wildman–Crippen MR) is 92.9 cm³/mol. The molecule has 1 rings (SSSR count). The lowest BCUT2D eigenvalue weighted by molar-refractivity contribution is -0.122. The first-order valence-electron chi connectivity index (χ1n) is 8.01. The number of nitrogens with one attached hydrogen (secondary N) is 1. The zero-order valence-electron chi connectivity index (χ0n) is 15.0. The molecule has 6 heteroatoms. The Labute approximate surface area is 143 Å². The maximum Gasteiger partial charge on any atom is 0.340 e. The molecule has 0 aliphatic carbocycles. The zero-order valence-corrected chi connectivity index (χ0v) is 15.0. The van der Waals surface area contributed by atoms with E-state index < -0.39 is 5.97 Å². The van der Waals surface area contributed by atoms with Crippen LogP contribution in [0, 0.1) is 0 Å². The number of carbonyl (C=O) groups is 3. The molecule has 1 aromatic rings. The number of hydrogen-bond acceptors (Lipinski definition) is 4. The molecule has 0 aliphatic rings. The van der Waals surface area contributed by atoms with Gasteiger partial charge >= 0.3 is 5.97 Å². The Hall–Kier alpha value is -2.37. The number of anilines is 1. The highest BCUT2D eigenvalue weighted by Crippen LogP contribution is 2.22. The molecular formula is C18H26N2O4. The Morgan fingerprint density at radius 1 is 1.17 bits per heavy atom. The molecule has 132 valence electrons. The monoisotopic (exact) mass is 334 g/mol. The number of benzene rings is 1. The van der Waals surface area contributed by atoms with Gasteiger partial charge in [-0.15, -0.1) is 0 Å². The minimum Gasteiger partial charge on any atom is -0.462 e. The van der Waals surface area contributed by atoms with Crippen LogP contribution in [-0.4, -0.2) is 36.5 Å². The van der Waals surface area contributed by atoms with Crippen molar-refractivity contribution in [3.63, 3.8) is 0 Å². The fraction of sp³-hybridized carbons (Fsp3) is 0.500. The molecule has 0 heterocycles. The summed E-state index contributed by atoms with van der Waals surface area (Å²) in [6, 6.07) is 6.73. The molecule has 2 amide bonds. The smallest absolute Gasteiger partial charge is 0.340 e. The summed E-state index contributed by atoms with van der Waals surface area (Å²) in [5, 5.41) is 2.85. The lowest BCUT2D eigenvalue weighted by atomic mass is 10.1. The standard InChI is InChI=1S/C18H26N2O4/c1-6-24-17(23)14-9-7-8-10-15(14)20(13(2)21)12-11-16(22)19-18(3,4)5/h7-10H,6,11-12H2,1-5H3,(H,19,22). The van der Waals surface area contributed by atoms with Crippen LogP contribution in [0.5, 0.6) is 0 Å². The van der Waals surface area contributed by atoms with Crippen molar-refractivity contribution in [1.29, 1.82) is 0 Å². The molecule has 0 radical (unpaired) electrons. The van der Waals surface area contributed by atoms with Gasteiger partial charge in [0.25, 0.3) is 0 Å². The number of amides is 2. The summed E-state index contributed by atoms with van der Waals surface area (Å²) in [5.41, 5.74) is 0.429. The van der Waals surface area contributed by atoms with Crippen molar-refractivity contribution >= 4 is 23.5 Å². The fourth-order valence-electron chi connectivity index (χ4n) is 2.23. The predicted octanol–water partition coefficient (Wildman–Crippen LogP) is 2.52. The van der Waals surface area contributed by atoms with Crippen molar-refractivity contribution in [1.82, 2.24) is 5.32 Å². The molecule has 1 aromatic carbocycles. The number of rotatable bonds is 6. The van der Waals surface area contributed by atoms with Crippen LogP contribution in [-0.2, 0) is 14.3 Å². The van der Waals surface area contributed by atoms with Crippen LogP contribution in [0.25, 0.3) is 0 Å². The first-order chi connectivity index (χ1) is 11.2. The summed E-state index contributed by atoms with van der Waals surface area (Å²) in [4.78, 5) is 37.5. The number of para-hydroxylation sites is 1. The van der Waals surface area contributed by atoms with Gasteiger partial charge in [0.2, 0.25) is 11.8 Å². The van der Waals surface area contributed by atoms with E-state index in [1.807, 2.05) is 20.8 Å². The first kappa shape index (κ1) is 19.7. The molecule has 0 fully saturated rings. The first-order valence-corrected chi connectivity index (χ1v) is 8.01. The van der Waals surface area contributed by atoms with Crippen LogP contribution in [0.15, 0.2) is 24.3 Å². The fourth-order valence-corrected chi connectivity index (χ4v) is 2.23. The molecule has 0 saturated heterocycles. The largest absolute Gasteiger partial charge is 0.462 e. The van der Waals surface area contributed by atoms with E-state index in [-0.39, 0.29) is 36.9 Å². The van der Waals surface area contributed by atoms with Crippen molar-refractivity contribution in [2.24, 2.45) is 0 Å². The minimum absolute atomic E-state index is 0.147. The van der Waals surface area contributed by atoms with Gasteiger partial charge in [0.15, 0.2) is 0 Å². The SMILES string of the molecule is CCOC(=O)c1ccccc1N(CCC(=O)NC(C)(C)C)C(C)=O. The highest BCUT2D eigenvalue weighted by molar-refractivity contribution is 6.02. The van der Waals surface area contributed by atoms with Gasteiger partial charge in [-0.3, -0.25) is 9.59 Å². The Morgan fingerprint density at radius 2 is 1.79 bits per heavy atom. The maximum absolute atomic E-state index is 12.1. The summed E-state index contributed by atoms with van der Waals surface area (Å²) in [7, 11) is 0. The van der Waals surface area contributed by atoms with Gasteiger partial charge in [-0.25, -0.2) is 4.79 Å². The number of esters is 1. The molecule has 0 aliphatic heterocycles. The van der Waals surface area contributed by atoms with Gasteiger partial charge in [0.05, 0.1) is 17.9 Å². The molecule has 6 nitrogen and oxygen atoms in total. The second kappa shape index (κ2) is 8.47. The van der Waals surface area contributed by atoms with Gasteiger partial charge in [-0.05, 0) is 39.8 Å². The average Bonchev–Trinajstić information content (AvgIpc) is 2.46. The van der Waals surface area contributed by atoms with Crippen molar-refractivity contribution < 1.29 is 19.1 Å². The van der Waals surface area contributed by atoms with Crippen molar-refractivity contribution in [2.45, 2.75) is 46.6 Å². The van der Waals surface area contributed by atoms with Gasteiger partial charge in [0, 0.05) is 25.4 Å². The summed E-state index contributed by atoms with van der Waals surface area (Å²) in [6.45, 7) is 9.25. The third kappa shape index (κ3) is 6.02.